The molecule has 3 heteroatoms. The van der Waals surface area contributed by atoms with Gasteiger partial charge in [-0.2, -0.15) is 0 Å². The Morgan fingerprint density at radius 3 is 2.88 bits per heavy atom. The molecule has 0 spiro atoms. The number of hydrogen-bond donors (Lipinski definition) is 2. The molecular weight excluding hydrogens is 212 g/mol. The Labute approximate surface area is 102 Å². The van der Waals surface area contributed by atoms with Gasteiger partial charge in [-0.3, -0.25) is 0 Å². The van der Waals surface area contributed by atoms with Crippen LogP contribution in [0, 0.1) is 0 Å². The first-order valence-electron chi connectivity index (χ1n) is 6.48. The van der Waals surface area contributed by atoms with Crippen molar-refractivity contribution in [2.45, 2.75) is 37.8 Å². The highest BCUT2D eigenvalue weighted by Gasteiger charge is 2.41. The van der Waals surface area contributed by atoms with Crippen molar-refractivity contribution < 1.29 is 5.11 Å². The van der Waals surface area contributed by atoms with Crippen LogP contribution in [-0.4, -0.2) is 24.3 Å². The third kappa shape index (κ3) is 1.65. The number of aliphatic hydroxyl groups is 1. The van der Waals surface area contributed by atoms with E-state index in [-0.39, 0.29) is 11.6 Å². The lowest BCUT2D eigenvalue weighted by Gasteiger charge is -2.43. The smallest absolute Gasteiger partial charge is 0.0582 e. The highest BCUT2D eigenvalue weighted by Crippen LogP contribution is 2.41. The maximum absolute atomic E-state index is 9.43. The van der Waals surface area contributed by atoms with E-state index in [4.69, 9.17) is 5.73 Å². The zero-order valence-corrected chi connectivity index (χ0v) is 10.3. The van der Waals surface area contributed by atoms with E-state index >= 15 is 0 Å². The van der Waals surface area contributed by atoms with Crippen LogP contribution in [0.2, 0.25) is 0 Å². The highest BCUT2D eigenvalue weighted by molar-refractivity contribution is 5.59. The van der Waals surface area contributed by atoms with Crippen molar-refractivity contribution in [2.24, 2.45) is 5.73 Å². The highest BCUT2D eigenvalue weighted by atomic mass is 16.3. The Hall–Kier alpha value is -1.06. The summed E-state index contributed by atoms with van der Waals surface area (Å²) in [5.41, 5.74) is 9.99. The summed E-state index contributed by atoms with van der Waals surface area (Å²) in [6, 6.07) is 6.58. The lowest BCUT2D eigenvalue weighted by molar-refractivity contribution is 0.0209. The average molecular weight is 232 g/mol. The molecule has 92 valence electrons. The second kappa shape index (κ2) is 3.72. The Morgan fingerprint density at radius 1 is 1.47 bits per heavy atom. The van der Waals surface area contributed by atoms with E-state index in [1.165, 1.54) is 16.8 Å². The zero-order chi connectivity index (χ0) is 12.0. The molecule has 0 atom stereocenters. The summed E-state index contributed by atoms with van der Waals surface area (Å²) in [5, 5.41) is 9.43. The summed E-state index contributed by atoms with van der Waals surface area (Å²) in [6.45, 7) is 4.38. The van der Waals surface area contributed by atoms with Crippen molar-refractivity contribution in [3.05, 3.63) is 29.3 Å². The first-order valence-corrected chi connectivity index (χ1v) is 6.48. The molecule has 0 bridgehead atoms. The molecule has 3 N–H and O–H groups in total. The van der Waals surface area contributed by atoms with Crippen LogP contribution in [0.25, 0.3) is 0 Å². The number of anilines is 1. The summed E-state index contributed by atoms with van der Waals surface area (Å²) in [5.74, 6) is 0. The van der Waals surface area contributed by atoms with E-state index in [2.05, 4.69) is 30.0 Å². The third-order valence-corrected chi connectivity index (χ3v) is 4.23. The lowest BCUT2D eigenvalue weighted by atomic mass is 9.70. The van der Waals surface area contributed by atoms with E-state index in [1.54, 1.807) is 0 Å². The average Bonchev–Trinajstić information content (AvgIpc) is 2.69. The fraction of sp³-hybridized carbons (Fsp3) is 0.571. The zero-order valence-electron chi connectivity index (χ0n) is 10.3. The van der Waals surface area contributed by atoms with Crippen molar-refractivity contribution in [1.82, 2.24) is 0 Å². The van der Waals surface area contributed by atoms with Crippen molar-refractivity contribution in [2.75, 3.05) is 18.0 Å². The topological polar surface area (TPSA) is 49.5 Å². The molecule has 1 fully saturated rings. The largest absolute Gasteiger partial charge is 0.393 e. The molecule has 1 aromatic rings. The molecule has 3 rings (SSSR count). The second-order valence-corrected chi connectivity index (χ2v) is 5.39. The van der Waals surface area contributed by atoms with Gasteiger partial charge in [-0.15, -0.1) is 0 Å². The number of rotatable bonds is 2. The molecule has 0 saturated heterocycles. The summed E-state index contributed by atoms with van der Waals surface area (Å²) in [6.07, 6.45) is 2.31. The minimum atomic E-state index is -0.284. The first-order chi connectivity index (χ1) is 8.12. The Morgan fingerprint density at radius 2 is 2.24 bits per heavy atom. The molecule has 0 aromatic heterocycles. The summed E-state index contributed by atoms with van der Waals surface area (Å²) in [4.78, 5) is 2.40. The number of aliphatic hydroxyl groups excluding tert-OH is 1. The second-order valence-electron chi connectivity index (χ2n) is 5.39. The standard InChI is InChI=1S/C14H20N2O/c1-2-16-6-5-10-7-11(3-4-13(10)16)14(15)8-12(17)9-14/h3-4,7,12,17H,2,5-6,8-9,15H2,1H3. The maximum atomic E-state index is 9.43. The first kappa shape index (κ1) is 11.1. The van der Waals surface area contributed by atoms with Crippen molar-refractivity contribution in [1.29, 1.82) is 0 Å². The Kier molecular flexibility index (Phi) is 2.42. The van der Waals surface area contributed by atoms with Crippen LogP contribution in [0.15, 0.2) is 18.2 Å². The number of hydrogen-bond acceptors (Lipinski definition) is 3. The molecule has 1 aliphatic heterocycles. The molecule has 1 aliphatic carbocycles. The Bertz CT molecular complexity index is 438. The normalized spacial score (nSPS) is 31.2. The predicted octanol–water partition coefficient (Wildman–Crippen LogP) is 1.38. The van der Waals surface area contributed by atoms with Crippen LogP contribution >= 0.6 is 0 Å². The quantitative estimate of drug-likeness (QED) is 0.810. The van der Waals surface area contributed by atoms with Gasteiger partial charge >= 0.3 is 0 Å². The number of fused-ring (bicyclic) bond motifs is 1. The van der Waals surface area contributed by atoms with Crippen LogP contribution < -0.4 is 10.6 Å². The summed E-state index contributed by atoms with van der Waals surface area (Å²) >= 11 is 0. The molecule has 1 saturated carbocycles. The van der Waals surface area contributed by atoms with Crippen LogP contribution in [-0.2, 0) is 12.0 Å². The van der Waals surface area contributed by atoms with Crippen molar-refractivity contribution >= 4 is 5.69 Å². The number of nitrogens with two attached hydrogens (primary N) is 1. The molecular formula is C14H20N2O. The van der Waals surface area contributed by atoms with E-state index in [1.807, 2.05) is 0 Å². The van der Waals surface area contributed by atoms with Gasteiger partial charge in [0, 0.05) is 24.3 Å². The van der Waals surface area contributed by atoms with E-state index in [0.717, 1.165) is 19.5 Å². The van der Waals surface area contributed by atoms with Gasteiger partial charge in [0.05, 0.1) is 6.10 Å². The molecule has 3 nitrogen and oxygen atoms in total. The number of benzene rings is 1. The van der Waals surface area contributed by atoms with E-state index < -0.39 is 0 Å². The Balaban J connectivity index is 1.90. The fourth-order valence-electron chi connectivity index (χ4n) is 3.13. The van der Waals surface area contributed by atoms with Crippen LogP contribution in [0.1, 0.15) is 30.9 Å². The SMILES string of the molecule is CCN1CCc2cc(C3(N)CC(O)C3)ccc21. The number of likely N-dealkylation sites (N-methyl/N-ethyl adjacent to an activating group) is 1. The van der Waals surface area contributed by atoms with Gasteiger partial charge in [0.2, 0.25) is 0 Å². The predicted molar refractivity (Wildman–Crippen MR) is 69.1 cm³/mol. The van der Waals surface area contributed by atoms with Crippen LogP contribution in [0.5, 0.6) is 0 Å². The van der Waals surface area contributed by atoms with Crippen LogP contribution in [0.3, 0.4) is 0 Å². The molecule has 0 radical (unpaired) electrons. The van der Waals surface area contributed by atoms with Crippen molar-refractivity contribution in [3.8, 4) is 0 Å². The molecule has 1 heterocycles. The minimum Gasteiger partial charge on any atom is -0.393 e. The number of nitrogens with zero attached hydrogens (tertiary/aromatic N) is 1. The monoisotopic (exact) mass is 232 g/mol. The van der Waals surface area contributed by atoms with E-state index in [0.29, 0.717) is 12.8 Å². The lowest BCUT2D eigenvalue weighted by Crippen LogP contribution is -2.51. The molecule has 1 aromatic carbocycles. The molecule has 0 unspecified atom stereocenters. The fourth-order valence-corrected chi connectivity index (χ4v) is 3.13. The van der Waals surface area contributed by atoms with Crippen molar-refractivity contribution in [3.63, 3.8) is 0 Å². The summed E-state index contributed by atoms with van der Waals surface area (Å²) < 4.78 is 0. The molecule has 17 heavy (non-hydrogen) atoms. The maximum Gasteiger partial charge on any atom is 0.0582 e. The van der Waals surface area contributed by atoms with E-state index in [9.17, 15) is 5.11 Å². The van der Waals surface area contributed by atoms with Crippen LogP contribution in [0.4, 0.5) is 5.69 Å². The van der Waals surface area contributed by atoms with Gasteiger partial charge < -0.3 is 15.7 Å². The van der Waals surface area contributed by atoms with Gasteiger partial charge in [0.15, 0.2) is 0 Å². The summed E-state index contributed by atoms with van der Waals surface area (Å²) in [7, 11) is 0. The van der Waals surface area contributed by atoms with Gasteiger partial charge in [0.25, 0.3) is 0 Å². The minimum absolute atomic E-state index is 0.208. The third-order valence-electron chi connectivity index (χ3n) is 4.23. The molecule has 0 amide bonds. The van der Waals surface area contributed by atoms with Gasteiger partial charge in [-0.25, -0.2) is 0 Å². The molecule has 2 aliphatic rings. The van der Waals surface area contributed by atoms with Gasteiger partial charge in [0.1, 0.15) is 0 Å². The van der Waals surface area contributed by atoms with Gasteiger partial charge in [-0.05, 0) is 43.4 Å². The van der Waals surface area contributed by atoms with Gasteiger partial charge in [-0.1, -0.05) is 12.1 Å².